The summed E-state index contributed by atoms with van der Waals surface area (Å²) in [6.07, 6.45) is 5.03. The molecule has 2 fully saturated rings. The number of ketones is 1. The minimum Gasteiger partial charge on any atom is -0.439 e. The lowest BCUT2D eigenvalue weighted by Gasteiger charge is -2.39. The fourth-order valence-corrected chi connectivity index (χ4v) is 4.35. The van der Waals surface area contributed by atoms with Gasteiger partial charge in [-0.2, -0.15) is 0 Å². The summed E-state index contributed by atoms with van der Waals surface area (Å²) < 4.78 is 4.99. The van der Waals surface area contributed by atoms with Crippen LogP contribution in [0.5, 0.6) is 0 Å². The normalized spacial score (nSPS) is 23.1. The molecule has 2 aliphatic rings. The summed E-state index contributed by atoms with van der Waals surface area (Å²) in [5.74, 6) is -1.90. The SMILES string of the molecule is CC(=O)OC1NC(=O)C1NC(=O)[C@](N)(CC1CCCCC1)C(=O)CCc1ccccc1. The molecule has 4 N–H and O–H groups in total. The first-order valence-corrected chi connectivity index (χ1v) is 10.9. The van der Waals surface area contributed by atoms with Crippen molar-refractivity contribution in [3.63, 3.8) is 0 Å². The number of amides is 2. The van der Waals surface area contributed by atoms with E-state index in [0.29, 0.717) is 6.42 Å². The van der Waals surface area contributed by atoms with Crippen molar-refractivity contribution in [1.82, 2.24) is 10.6 Å². The maximum atomic E-state index is 13.2. The highest BCUT2D eigenvalue weighted by molar-refractivity contribution is 6.11. The summed E-state index contributed by atoms with van der Waals surface area (Å²) in [5.41, 5.74) is 5.76. The second-order valence-electron chi connectivity index (χ2n) is 8.58. The zero-order chi connectivity index (χ0) is 22.4. The van der Waals surface area contributed by atoms with Gasteiger partial charge in [-0.05, 0) is 24.3 Å². The molecule has 1 heterocycles. The molecule has 1 aromatic rings. The van der Waals surface area contributed by atoms with E-state index in [9.17, 15) is 19.2 Å². The van der Waals surface area contributed by atoms with Crippen LogP contribution in [-0.2, 0) is 30.3 Å². The first kappa shape index (κ1) is 22.9. The Bertz CT molecular complexity index is 822. The molecule has 1 saturated carbocycles. The van der Waals surface area contributed by atoms with E-state index in [0.717, 1.165) is 37.7 Å². The van der Waals surface area contributed by atoms with Gasteiger partial charge in [0.25, 0.3) is 5.91 Å². The number of carbonyl (C=O) groups is 4. The molecule has 1 saturated heterocycles. The molecule has 3 atom stereocenters. The summed E-state index contributed by atoms with van der Waals surface area (Å²) in [5, 5.41) is 4.97. The van der Waals surface area contributed by atoms with Crippen molar-refractivity contribution in [1.29, 1.82) is 0 Å². The molecule has 31 heavy (non-hydrogen) atoms. The second kappa shape index (κ2) is 10.0. The lowest BCUT2D eigenvalue weighted by atomic mass is 9.76. The van der Waals surface area contributed by atoms with E-state index in [4.69, 9.17) is 10.5 Å². The van der Waals surface area contributed by atoms with Crippen molar-refractivity contribution < 1.29 is 23.9 Å². The average molecular weight is 430 g/mol. The van der Waals surface area contributed by atoms with Gasteiger partial charge in [-0.3, -0.25) is 19.2 Å². The molecule has 0 bridgehead atoms. The fourth-order valence-electron chi connectivity index (χ4n) is 4.35. The quantitative estimate of drug-likeness (QED) is 0.309. The molecule has 1 aliphatic heterocycles. The lowest BCUT2D eigenvalue weighted by molar-refractivity contribution is -0.165. The molecule has 3 rings (SSSR count). The molecule has 1 aliphatic carbocycles. The topological polar surface area (TPSA) is 128 Å². The van der Waals surface area contributed by atoms with E-state index in [1.807, 2.05) is 30.3 Å². The van der Waals surface area contributed by atoms with Crippen LogP contribution in [0.15, 0.2) is 30.3 Å². The highest BCUT2D eigenvalue weighted by atomic mass is 16.6. The summed E-state index contributed by atoms with van der Waals surface area (Å²) >= 11 is 0. The van der Waals surface area contributed by atoms with Crippen LogP contribution in [0.4, 0.5) is 0 Å². The highest BCUT2D eigenvalue weighted by Crippen LogP contribution is 2.31. The third-order valence-corrected chi connectivity index (χ3v) is 6.17. The second-order valence-corrected chi connectivity index (χ2v) is 8.58. The largest absolute Gasteiger partial charge is 0.439 e. The zero-order valence-electron chi connectivity index (χ0n) is 17.9. The number of β-lactam (4-membered cyclic amide) rings is 1. The maximum absolute atomic E-state index is 13.2. The van der Waals surface area contributed by atoms with Crippen molar-refractivity contribution in [3.8, 4) is 0 Å². The van der Waals surface area contributed by atoms with Gasteiger partial charge in [0.1, 0.15) is 0 Å². The number of benzene rings is 1. The number of esters is 1. The van der Waals surface area contributed by atoms with Gasteiger partial charge in [0.15, 0.2) is 17.4 Å². The van der Waals surface area contributed by atoms with Crippen LogP contribution in [0.1, 0.15) is 57.4 Å². The molecule has 8 nitrogen and oxygen atoms in total. The van der Waals surface area contributed by atoms with E-state index in [1.165, 1.54) is 6.92 Å². The van der Waals surface area contributed by atoms with Gasteiger partial charge in [0.05, 0.1) is 0 Å². The molecule has 0 spiro atoms. The summed E-state index contributed by atoms with van der Waals surface area (Å²) in [4.78, 5) is 49.5. The first-order chi connectivity index (χ1) is 14.8. The van der Waals surface area contributed by atoms with Crippen LogP contribution in [-0.4, -0.2) is 41.4 Å². The highest BCUT2D eigenvalue weighted by Gasteiger charge is 2.49. The Balaban J connectivity index is 1.72. The van der Waals surface area contributed by atoms with Crippen molar-refractivity contribution in [2.75, 3.05) is 0 Å². The van der Waals surface area contributed by atoms with E-state index in [1.54, 1.807) is 0 Å². The maximum Gasteiger partial charge on any atom is 0.304 e. The van der Waals surface area contributed by atoms with Crippen LogP contribution < -0.4 is 16.4 Å². The smallest absolute Gasteiger partial charge is 0.304 e. The van der Waals surface area contributed by atoms with Crippen LogP contribution in [0, 0.1) is 5.92 Å². The van der Waals surface area contributed by atoms with Crippen molar-refractivity contribution >= 4 is 23.6 Å². The van der Waals surface area contributed by atoms with E-state index in [2.05, 4.69) is 10.6 Å². The number of hydrogen-bond donors (Lipinski definition) is 3. The van der Waals surface area contributed by atoms with Crippen LogP contribution >= 0.6 is 0 Å². The molecule has 0 aromatic heterocycles. The molecular formula is C23H31N3O5. The van der Waals surface area contributed by atoms with Crippen molar-refractivity contribution in [2.24, 2.45) is 11.7 Å². The van der Waals surface area contributed by atoms with Gasteiger partial charge >= 0.3 is 5.97 Å². The van der Waals surface area contributed by atoms with Gasteiger partial charge in [-0.15, -0.1) is 0 Å². The van der Waals surface area contributed by atoms with Crippen LogP contribution in [0.2, 0.25) is 0 Å². The zero-order valence-corrected chi connectivity index (χ0v) is 17.9. The first-order valence-electron chi connectivity index (χ1n) is 10.9. The molecular weight excluding hydrogens is 398 g/mol. The lowest BCUT2D eigenvalue weighted by Crippen LogP contribution is -2.73. The average Bonchev–Trinajstić information content (AvgIpc) is 2.76. The number of ether oxygens (including phenoxy) is 1. The molecule has 2 amide bonds. The Morgan fingerprint density at radius 1 is 1.16 bits per heavy atom. The third kappa shape index (κ3) is 5.70. The predicted octanol–water partition coefficient (Wildman–Crippen LogP) is 1.36. The Morgan fingerprint density at radius 3 is 2.45 bits per heavy atom. The number of rotatable bonds is 9. The molecule has 1 aromatic carbocycles. The molecule has 168 valence electrons. The number of Topliss-reactive ketones (excluding diaryl/α,β-unsaturated/α-hetero) is 1. The summed E-state index contributed by atoms with van der Waals surface area (Å²) in [7, 11) is 0. The van der Waals surface area contributed by atoms with Crippen LogP contribution in [0.25, 0.3) is 0 Å². The van der Waals surface area contributed by atoms with Gasteiger partial charge in [-0.1, -0.05) is 62.4 Å². The summed E-state index contributed by atoms with van der Waals surface area (Å²) in [6.45, 7) is 1.22. The molecule has 0 radical (unpaired) electrons. The number of nitrogens with two attached hydrogens (primary N) is 1. The number of aryl methyl sites for hydroxylation is 1. The third-order valence-electron chi connectivity index (χ3n) is 6.17. The van der Waals surface area contributed by atoms with Crippen molar-refractivity contribution in [3.05, 3.63) is 35.9 Å². The van der Waals surface area contributed by atoms with E-state index < -0.39 is 35.6 Å². The van der Waals surface area contributed by atoms with E-state index >= 15 is 0 Å². The van der Waals surface area contributed by atoms with Crippen LogP contribution in [0.3, 0.4) is 0 Å². The standard InChI is InChI=1S/C23H31N3O5/c1-15(27)31-21-19(20(29)26-21)25-22(30)23(24,14-17-10-6-3-7-11-17)18(28)13-12-16-8-4-2-5-9-16/h2,4-5,8-9,17,19,21H,3,6-7,10-14,24H2,1H3,(H,25,30)(H,26,29)/t19?,21?,23-/m0/s1. The minimum atomic E-state index is -1.73. The van der Waals surface area contributed by atoms with Crippen molar-refractivity contribution in [2.45, 2.75) is 76.1 Å². The number of carbonyl (C=O) groups excluding carboxylic acids is 4. The molecule has 8 heteroatoms. The monoisotopic (exact) mass is 429 g/mol. The predicted molar refractivity (Wildman–Crippen MR) is 114 cm³/mol. The van der Waals surface area contributed by atoms with Gasteiger partial charge < -0.3 is 21.1 Å². The van der Waals surface area contributed by atoms with Gasteiger partial charge in [-0.25, -0.2) is 0 Å². The summed E-state index contributed by atoms with van der Waals surface area (Å²) in [6, 6.07) is 8.50. The van der Waals surface area contributed by atoms with E-state index in [-0.39, 0.29) is 24.5 Å². The molecule has 2 unspecified atom stereocenters. The number of hydrogen-bond acceptors (Lipinski definition) is 6. The fraction of sp³-hybridized carbons (Fsp3) is 0.565. The Labute approximate surface area is 182 Å². The number of nitrogens with one attached hydrogen (secondary N) is 2. The minimum absolute atomic E-state index is 0.130. The Kier molecular flexibility index (Phi) is 7.43. The van der Waals surface area contributed by atoms with Gasteiger partial charge in [0.2, 0.25) is 12.1 Å². The Hall–Kier alpha value is -2.74. The Morgan fingerprint density at radius 2 is 1.84 bits per heavy atom. The van der Waals surface area contributed by atoms with Gasteiger partial charge in [0, 0.05) is 13.3 Å².